The van der Waals surface area contributed by atoms with E-state index in [9.17, 15) is 18.0 Å². The molecule has 2 aromatic carbocycles. The number of thiophene rings is 1. The molecular formula is C21H18F3NOS. The summed E-state index contributed by atoms with van der Waals surface area (Å²) in [6.45, 7) is 0.136. The first kappa shape index (κ1) is 18.0. The molecule has 0 bridgehead atoms. The van der Waals surface area contributed by atoms with Gasteiger partial charge in [-0.1, -0.05) is 42.5 Å². The van der Waals surface area contributed by atoms with Gasteiger partial charge in [-0.15, -0.1) is 11.3 Å². The third-order valence-corrected chi connectivity index (χ3v) is 6.15. The summed E-state index contributed by atoms with van der Waals surface area (Å²) in [7, 11) is 0. The lowest BCUT2D eigenvalue weighted by Crippen LogP contribution is -2.44. The molecule has 0 aliphatic carbocycles. The van der Waals surface area contributed by atoms with Crippen LogP contribution in [0.4, 0.5) is 13.2 Å². The first-order valence-electron chi connectivity index (χ1n) is 8.87. The number of carbonyl (C=O) groups is 1. The maximum Gasteiger partial charge on any atom is 0.393 e. The third kappa shape index (κ3) is 3.58. The lowest BCUT2D eigenvalue weighted by atomic mass is 9.97. The first-order valence-corrected chi connectivity index (χ1v) is 9.69. The van der Waals surface area contributed by atoms with Crippen LogP contribution in [0.25, 0.3) is 21.2 Å². The Hall–Kier alpha value is -2.34. The number of halogens is 3. The van der Waals surface area contributed by atoms with E-state index in [1.54, 1.807) is 6.07 Å². The van der Waals surface area contributed by atoms with Crippen LogP contribution in [-0.2, 0) is 0 Å². The summed E-state index contributed by atoms with van der Waals surface area (Å²) >= 11 is 1.34. The molecule has 0 saturated carbocycles. The molecule has 1 aliphatic rings. The van der Waals surface area contributed by atoms with Gasteiger partial charge in [0, 0.05) is 18.0 Å². The molecule has 27 heavy (non-hydrogen) atoms. The number of nitrogens with zero attached hydrogens (tertiary/aromatic N) is 1. The van der Waals surface area contributed by atoms with Crippen LogP contribution < -0.4 is 0 Å². The van der Waals surface area contributed by atoms with Gasteiger partial charge >= 0.3 is 6.18 Å². The Labute approximate surface area is 159 Å². The number of benzene rings is 2. The second kappa shape index (κ2) is 7.00. The molecule has 1 amide bonds. The van der Waals surface area contributed by atoms with Crippen LogP contribution in [0, 0.1) is 5.92 Å². The molecule has 6 heteroatoms. The van der Waals surface area contributed by atoms with Crippen molar-refractivity contribution in [3.8, 4) is 10.4 Å². The molecular weight excluding hydrogens is 371 g/mol. The van der Waals surface area contributed by atoms with Gasteiger partial charge in [-0.05, 0) is 41.3 Å². The molecule has 2 nitrogen and oxygen atoms in total. The molecule has 140 valence electrons. The fourth-order valence-corrected chi connectivity index (χ4v) is 4.64. The van der Waals surface area contributed by atoms with E-state index in [1.165, 1.54) is 16.2 Å². The van der Waals surface area contributed by atoms with E-state index in [1.807, 2.05) is 48.5 Å². The minimum atomic E-state index is -4.25. The zero-order chi connectivity index (χ0) is 19.0. The monoisotopic (exact) mass is 389 g/mol. The standard InChI is InChI=1S/C21H18F3NOS/c22-21(23,24)15-7-4-12-25(13-15)20(26)19-11-10-18(27-19)17-9-3-6-14-5-1-2-8-16(14)17/h1-3,5-6,8-11,15H,4,7,12-13H2/t15-/m0/s1. The minimum absolute atomic E-state index is 0.0962. The van der Waals surface area contributed by atoms with Crippen LogP contribution >= 0.6 is 11.3 Å². The van der Waals surface area contributed by atoms with Crippen molar-refractivity contribution in [1.29, 1.82) is 0 Å². The van der Waals surface area contributed by atoms with E-state index in [4.69, 9.17) is 0 Å². The minimum Gasteiger partial charge on any atom is -0.337 e. The second-order valence-corrected chi connectivity index (χ2v) is 7.91. The fraction of sp³-hybridized carbons (Fsp3) is 0.286. The Balaban J connectivity index is 1.60. The Morgan fingerprint density at radius 3 is 2.63 bits per heavy atom. The molecule has 0 radical (unpaired) electrons. The number of rotatable bonds is 2. The van der Waals surface area contributed by atoms with Crippen LogP contribution in [0.3, 0.4) is 0 Å². The summed E-state index contributed by atoms with van der Waals surface area (Å²) in [6, 6.07) is 17.6. The van der Waals surface area contributed by atoms with Crippen molar-refractivity contribution in [2.75, 3.05) is 13.1 Å². The highest BCUT2D eigenvalue weighted by Gasteiger charge is 2.42. The maximum atomic E-state index is 13.0. The lowest BCUT2D eigenvalue weighted by Gasteiger charge is -2.33. The predicted octanol–water partition coefficient (Wildman–Crippen LogP) is 5.98. The Kier molecular flexibility index (Phi) is 4.68. The van der Waals surface area contributed by atoms with E-state index >= 15 is 0 Å². The van der Waals surface area contributed by atoms with Crippen LogP contribution in [0.2, 0.25) is 0 Å². The van der Waals surface area contributed by atoms with E-state index < -0.39 is 12.1 Å². The molecule has 4 rings (SSSR count). The van der Waals surface area contributed by atoms with Gasteiger partial charge in [-0.25, -0.2) is 0 Å². The predicted molar refractivity (Wildman–Crippen MR) is 102 cm³/mol. The van der Waals surface area contributed by atoms with Crippen LogP contribution in [-0.4, -0.2) is 30.1 Å². The summed E-state index contributed by atoms with van der Waals surface area (Å²) < 4.78 is 39.1. The molecule has 1 atom stereocenters. The van der Waals surface area contributed by atoms with E-state index in [0.29, 0.717) is 17.8 Å². The first-order chi connectivity index (χ1) is 12.9. The highest BCUT2D eigenvalue weighted by molar-refractivity contribution is 7.17. The number of carbonyl (C=O) groups excluding carboxylic acids is 1. The molecule has 2 heterocycles. The number of likely N-dealkylation sites (tertiary alicyclic amines) is 1. The number of hydrogen-bond acceptors (Lipinski definition) is 2. The van der Waals surface area contributed by atoms with E-state index in [-0.39, 0.29) is 18.9 Å². The number of alkyl halides is 3. The Morgan fingerprint density at radius 2 is 1.81 bits per heavy atom. The molecule has 0 spiro atoms. The Morgan fingerprint density at radius 1 is 1.04 bits per heavy atom. The van der Waals surface area contributed by atoms with Gasteiger partial charge in [0.1, 0.15) is 0 Å². The molecule has 1 aromatic heterocycles. The van der Waals surface area contributed by atoms with Gasteiger partial charge in [0.15, 0.2) is 0 Å². The van der Waals surface area contributed by atoms with Gasteiger partial charge in [0.25, 0.3) is 5.91 Å². The van der Waals surface area contributed by atoms with Crippen molar-refractivity contribution in [3.63, 3.8) is 0 Å². The van der Waals surface area contributed by atoms with Crippen molar-refractivity contribution in [3.05, 3.63) is 59.5 Å². The zero-order valence-electron chi connectivity index (χ0n) is 14.5. The highest BCUT2D eigenvalue weighted by Crippen LogP contribution is 2.36. The SMILES string of the molecule is O=C(c1ccc(-c2cccc3ccccc23)s1)N1CCC[C@H](C(F)(F)F)C1. The van der Waals surface area contributed by atoms with Crippen molar-refractivity contribution in [2.24, 2.45) is 5.92 Å². The number of piperidine rings is 1. The third-order valence-electron chi connectivity index (χ3n) is 5.04. The van der Waals surface area contributed by atoms with Gasteiger partial charge in [0.2, 0.25) is 0 Å². The van der Waals surface area contributed by atoms with Crippen molar-refractivity contribution in [2.45, 2.75) is 19.0 Å². The lowest BCUT2D eigenvalue weighted by molar-refractivity contribution is -0.184. The van der Waals surface area contributed by atoms with E-state index in [0.717, 1.165) is 21.2 Å². The summed E-state index contributed by atoms with van der Waals surface area (Å²) in [6.07, 6.45) is -3.76. The topological polar surface area (TPSA) is 20.3 Å². The normalized spacial score (nSPS) is 18.0. The van der Waals surface area contributed by atoms with Crippen LogP contribution in [0.1, 0.15) is 22.5 Å². The molecule has 1 saturated heterocycles. The summed E-state index contributed by atoms with van der Waals surface area (Å²) in [5.74, 6) is -1.73. The molecule has 0 unspecified atom stereocenters. The average molecular weight is 389 g/mol. The highest BCUT2D eigenvalue weighted by atomic mass is 32.1. The van der Waals surface area contributed by atoms with Gasteiger partial charge in [-0.2, -0.15) is 13.2 Å². The molecule has 0 N–H and O–H groups in total. The molecule has 1 aliphatic heterocycles. The molecule has 1 fully saturated rings. The maximum absolute atomic E-state index is 13.0. The van der Waals surface area contributed by atoms with E-state index in [2.05, 4.69) is 0 Å². The van der Waals surface area contributed by atoms with Crippen LogP contribution in [0.15, 0.2) is 54.6 Å². The number of amides is 1. The van der Waals surface area contributed by atoms with Crippen molar-refractivity contribution < 1.29 is 18.0 Å². The smallest absolute Gasteiger partial charge is 0.337 e. The van der Waals surface area contributed by atoms with Gasteiger partial charge in [0.05, 0.1) is 10.8 Å². The van der Waals surface area contributed by atoms with Gasteiger partial charge < -0.3 is 4.90 Å². The zero-order valence-corrected chi connectivity index (χ0v) is 15.3. The van der Waals surface area contributed by atoms with Crippen LogP contribution in [0.5, 0.6) is 0 Å². The average Bonchev–Trinajstić information content (AvgIpc) is 3.16. The number of fused-ring (bicyclic) bond motifs is 1. The summed E-state index contributed by atoms with van der Waals surface area (Å²) in [4.78, 5) is 15.5. The largest absolute Gasteiger partial charge is 0.393 e. The summed E-state index contributed by atoms with van der Waals surface area (Å²) in [5, 5.41) is 2.20. The number of hydrogen-bond donors (Lipinski definition) is 0. The Bertz CT molecular complexity index is 973. The fourth-order valence-electron chi connectivity index (χ4n) is 3.62. The second-order valence-electron chi connectivity index (χ2n) is 6.82. The van der Waals surface area contributed by atoms with Crippen molar-refractivity contribution >= 4 is 28.0 Å². The quantitative estimate of drug-likeness (QED) is 0.528. The van der Waals surface area contributed by atoms with Gasteiger partial charge in [-0.3, -0.25) is 4.79 Å². The summed E-state index contributed by atoms with van der Waals surface area (Å²) in [5.41, 5.74) is 1.03. The molecule has 3 aromatic rings. The van der Waals surface area contributed by atoms with Crippen molar-refractivity contribution in [1.82, 2.24) is 4.90 Å².